The number of amides is 1. The van der Waals surface area contributed by atoms with Crippen LogP contribution in [0.4, 0.5) is 0 Å². The number of aliphatic hydroxyl groups is 1. The van der Waals surface area contributed by atoms with Gasteiger partial charge in [-0.15, -0.1) is 11.3 Å². The molecule has 1 aromatic carbocycles. The summed E-state index contributed by atoms with van der Waals surface area (Å²) in [5, 5.41) is 12.4. The van der Waals surface area contributed by atoms with Gasteiger partial charge in [0.25, 0.3) is 0 Å². The largest absolute Gasteiger partial charge is 0.391 e. The number of aryl methyl sites for hydroxylation is 2. The molecular formula is C29H39NO4S. The first-order valence-corrected chi connectivity index (χ1v) is 13.4. The second-order valence-electron chi connectivity index (χ2n) is 11.2. The van der Waals surface area contributed by atoms with Crippen LogP contribution in [0.5, 0.6) is 0 Å². The summed E-state index contributed by atoms with van der Waals surface area (Å²) < 4.78 is 0. The Hall–Kier alpha value is -2.31. The van der Waals surface area contributed by atoms with Crippen LogP contribution >= 0.6 is 11.3 Å². The molecule has 0 radical (unpaired) electrons. The summed E-state index contributed by atoms with van der Waals surface area (Å²) in [6.07, 6.45) is 0.595. The van der Waals surface area contributed by atoms with Gasteiger partial charge in [-0.3, -0.25) is 14.4 Å². The molecule has 0 unspecified atom stereocenters. The van der Waals surface area contributed by atoms with Crippen molar-refractivity contribution in [3.05, 3.63) is 46.8 Å². The molecule has 190 valence electrons. The van der Waals surface area contributed by atoms with E-state index in [1.807, 2.05) is 34.6 Å². The number of aliphatic hydroxyl groups excluding tert-OH is 1. The third-order valence-corrected chi connectivity index (χ3v) is 8.13. The molecule has 1 fully saturated rings. The Labute approximate surface area is 213 Å². The molecule has 2 heterocycles. The zero-order chi connectivity index (χ0) is 25.9. The molecule has 0 bridgehead atoms. The van der Waals surface area contributed by atoms with Crippen LogP contribution in [0.1, 0.15) is 65.0 Å². The maximum Gasteiger partial charge on any atom is 0.227 e. The Kier molecular flexibility index (Phi) is 8.71. The molecule has 5 nitrogen and oxygen atoms in total. The molecule has 1 saturated heterocycles. The van der Waals surface area contributed by atoms with Gasteiger partial charge in [-0.1, -0.05) is 58.9 Å². The van der Waals surface area contributed by atoms with Gasteiger partial charge in [0, 0.05) is 42.5 Å². The normalized spacial score (nSPS) is 19.3. The monoisotopic (exact) mass is 497 g/mol. The number of rotatable bonds is 9. The molecule has 2 aromatic rings. The van der Waals surface area contributed by atoms with Crippen molar-refractivity contribution in [2.75, 3.05) is 6.54 Å². The van der Waals surface area contributed by atoms with Gasteiger partial charge in [0.15, 0.2) is 5.78 Å². The second-order valence-corrected chi connectivity index (χ2v) is 12.2. The highest BCUT2D eigenvalue weighted by Gasteiger charge is 2.44. The molecule has 1 aliphatic heterocycles. The molecule has 0 saturated carbocycles. The topological polar surface area (TPSA) is 74.7 Å². The summed E-state index contributed by atoms with van der Waals surface area (Å²) in [6.45, 7) is 11.8. The van der Waals surface area contributed by atoms with Gasteiger partial charge in [0.1, 0.15) is 5.78 Å². The van der Waals surface area contributed by atoms with E-state index in [2.05, 4.69) is 42.6 Å². The minimum atomic E-state index is -0.720. The number of ketones is 2. The Balaban J connectivity index is 1.68. The lowest BCUT2D eigenvalue weighted by molar-refractivity contribution is -0.146. The van der Waals surface area contributed by atoms with E-state index in [4.69, 9.17) is 0 Å². The van der Waals surface area contributed by atoms with Crippen LogP contribution in [0.25, 0.3) is 10.4 Å². The van der Waals surface area contributed by atoms with Crippen molar-refractivity contribution in [1.82, 2.24) is 4.90 Å². The van der Waals surface area contributed by atoms with Gasteiger partial charge in [-0.2, -0.15) is 0 Å². The van der Waals surface area contributed by atoms with Crippen molar-refractivity contribution < 1.29 is 19.5 Å². The molecule has 35 heavy (non-hydrogen) atoms. The maximum atomic E-state index is 13.6. The first kappa shape index (κ1) is 27.3. The highest BCUT2D eigenvalue weighted by Crippen LogP contribution is 2.34. The number of carbonyl (C=O) groups is 3. The lowest BCUT2D eigenvalue weighted by atomic mass is 9.75. The molecule has 3 rings (SSSR count). The van der Waals surface area contributed by atoms with Crippen molar-refractivity contribution in [3.8, 4) is 10.4 Å². The molecule has 3 atom stereocenters. The third kappa shape index (κ3) is 6.68. The quantitative estimate of drug-likeness (QED) is 0.499. The predicted molar refractivity (Wildman–Crippen MR) is 141 cm³/mol. The molecule has 0 aliphatic carbocycles. The second kappa shape index (κ2) is 11.2. The van der Waals surface area contributed by atoms with Crippen LogP contribution in [0.3, 0.4) is 0 Å². The highest BCUT2D eigenvalue weighted by molar-refractivity contribution is 7.13. The number of nitrogens with zero attached hydrogens (tertiary/aromatic N) is 1. The summed E-state index contributed by atoms with van der Waals surface area (Å²) in [6, 6.07) is 9.77. The van der Waals surface area contributed by atoms with Crippen LogP contribution in [-0.4, -0.2) is 46.2 Å². The number of Topliss-reactive ketones (excluding diaryl/α,β-unsaturated/α-hetero) is 2. The van der Waals surface area contributed by atoms with Crippen LogP contribution in [0.2, 0.25) is 0 Å². The van der Waals surface area contributed by atoms with Crippen molar-refractivity contribution in [3.63, 3.8) is 0 Å². The molecule has 1 amide bonds. The van der Waals surface area contributed by atoms with E-state index in [1.165, 1.54) is 16.0 Å². The summed E-state index contributed by atoms with van der Waals surface area (Å²) in [7, 11) is 0. The molecule has 1 aliphatic rings. The summed E-state index contributed by atoms with van der Waals surface area (Å²) in [4.78, 5) is 42.1. The van der Waals surface area contributed by atoms with Gasteiger partial charge in [0.05, 0.1) is 12.1 Å². The van der Waals surface area contributed by atoms with E-state index < -0.39 is 23.5 Å². The molecule has 1 N–H and O–H groups in total. The first-order chi connectivity index (χ1) is 16.4. The van der Waals surface area contributed by atoms with E-state index in [1.54, 1.807) is 16.2 Å². The molecule has 1 aromatic heterocycles. The van der Waals surface area contributed by atoms with Crippen LogP contribution in [0, 0.1) is 24.2 Å². The van der Waals surface area contributed by atoms with E-state index in [9.17, 15) is 19.5 Å². The fraction of sp³-hybridized carbons (Fsp3) is 0.552. The van der Waals surface area contributed by atoms with E-state index in [0.29, 0.717) is 12.8 Å². The smallest absolute Gasteiger partial charge is 0.227 e. The minimum Gasteiger partial charge on any atom is -0.391 e. The maximum absolute atomic E-state index is 13.6. The molecular weight excluding hydrogens is 458 g/mol. The Bertz CT molecular complexity index is 1050. The summed E-state index contributed by atoms with van der Waals surface area (Å²) >= 11 is 1.72. The fourth-order valence-corrected chi connectivity index (χ4v) is 5.62. The summed E-state index contributed by atoms with van der Waals surface area (Å²) in [5.74, 6) is -0.856. The van der Waals surface area contributed by atoms with E-state index in [-0.39, 0.29) is 42.8 Å². The van der Waals surface area contributed by atoms with E-state index in [0.717, 1.165) is 5.56 Å². The van der Waals surface area contributed by atoms with Crippen LogP contribution in [0.15, 0.2) is 35.7 Å². The SMILES string of the molecule is Cc1ccsc1-c1ccc(CCC(=O)[C@@H]2C[C@@H](O)CN2C(=O)[C@@H](CC(=O)C(C)C)C(C)(C)C)cc1. The van der Waals surface area contributed by atoms with Crippen molar-refractivity contribution >= 4 is 28.8 Å². The lowest BCUT2D eigenvalue weighted by Gasteiger charge is -2.35. The number of thiophene rings is 1. The Morgan fingerprint density at radius 2 is 1.77 bits per heavy atom. The Morgan fingerprint density at radius 1 is 1.11 bits per heavy atom. The lowest BCUT2D eigenvalue weighted by Crippen LogP contribution is -2.47. The number of β-amino-alcohol motifs (C(OH)–C–C–N with tert-alkyl or cyclic N) is 1. The molecule has 6 heteroatoms. The van der Waals surface area contributed by atoms with Crippen molar-refractivity contribution in [1.29, 1.82) is 0 Å². The van der Waals surface area contributed by atoms with E-state index >= 15 is 0 Å². The first-order valence-electron chi connectivity index (χ1n) is 12.6. The fourth-order valence-electron chi connectivity index (χ4n) is 4.69. The predicted octanol–water partition coefficient (Wildman–Crippen LogP) is 5.46. The number of hydrogen-bond donors (Lipinski definition) is 1. The minimum absolute atomic E-state index is 0.0316. The van der Waals surface area contributed by atoms with Crippen LogP contribution < -0.4 is 0 Å². The van der Waals surface area contributed by atoms with Gasteiger partial charge in [-0.25, -0.2) is 0 Å². The van der Waals surface area contributed by atoms with Gasteiger partial charge in [-0.05, 0) is 46.9 Å². The van der Waals surface area contributed by atoms with Crippen molar-refractivity contribution in [2.45, 2.75) is 79.4 Å². The standard InChI is InChI=1S/C29H39NO4S/c1-18(2)26(33)16-23(29(4,5)6)28(34)30-17-22(31)15-24(30)25(32)12-9-20-7-10-21(11-8-20)27-19(3)13-14-35-27/h7-8,10-11,13-14,18,22-24,31H,9,12,15-17H2,1-6H3/t22-,23-,24+/m1/s1. The average molecular weight is 498 g/mol. The number of benzene rings is 1. The zero-order valence-electron chi connectivity index (χ0n) is 21.8. The highest BCUT2D eigenvalue weighted by atomic mass is 32.1. The number of carbonyl (C=O) groups excluding carboxylic acids is 3. The van der Waals surface area contributed by atoms with Crippen molar-refractivity contribution in [2.24, 2.45) is 17.3 Å². The number of hydrogen-bond acceptors (Lipinski definition) is 5. The van der Waals surface area contributed by atoms with Crippen LogP contribution in [-0.2, 0) is 20.8 Å². The third-order valence-electron chi connectivity index (χ3n) is 7.06. The van der Waals surface area contributed by atoms with Gasteiger partial charge < -0.3 is 10.0 Å². The Morgan fingerprint density at radius 3 is 2.31 bits per heavy atom. The van der Waals surface area contributed by atoms with Gasteiger partial charge in [0.2, 0.25) is 5.91 Å². The summed E-state index contributed by atoms with van der Waals surface area (Å²) in [5.41, 5.74) is 3.08. The molecule has 0 spiro atoms. The zero-order valence-corrected chi connectivity index (χ0v) is 22.7. The average Bonchev–Trinajstić information content (AvgIpc) is 3.40. The number of likely N-dealkylation sites (tertiary alicyclic amines) is 1. The van der Waals surface area contributed by atoms with Gasteiger partial charge >= 0.3 is 0 Å².